The first-order chi connectivity index (χ1) is 10.5. The van der Waals surface area contributed by atoms with Gasteiger partial charge in [-0.2, -0.15) is 0 Å². The van der Waals surface area contributed by atoms with E-state index in [-0.39, 0.29) is 17.2 Å². The van der Waals surface area contributed by atoms with E-state index in [0.29, 0.717) is 16.7 Å². The lowest BCUT2D eigenvalue weighted by atomic mass is 10.1. The molecule has 0 radical (unpaired) electrons. The summed E-state index contributed by atoms with van der Waals surface area (Å²) in [6.07, 6.45) is 1.25. The predicted molar refractivity (Wildman–Crippen MR) is 83.6 cm³/mol. The van der Waals surface area contributed by atoms with Gasteiger partial charge < -0.3 is 14.6 Å². The summed E-state index contributed by atoms with van der Waals surface area (Å²) in [6, 6.07) is 11.3. The minimum atomic E-state index is -0.622. The minimum absolute atomic E-state index is 0.0157. The summed E-state index contributed by atoms with van der Waals surface area (Å²) >= 11 is 0. The third-order valence-electron chi connectivity index (χ3n) is 3.20. The number of hydrogen-bond acceptors (Lipinski definition) is 5. The van der Waals surface area contributed by atoms with E-state index in [2.05, 4.69) is 4.98 Å². The highest BCUT2D eigenvalue weighted by Gasteiger charge is 2.08. The molecule has 0 aliphatic carbocycles. The van der Waals surface area contributed by atoms with Gasteiger partial charge in [-0.1, -0.05) is 6.07 Å². The number of rotatable bonds is 2. The maximum absolute atomic E-state index is 11.9. The molecule has 0 bridgehead atoms. The number of nitrogens with zero attached hydrogens (tertiary/aromatic N) is 1. The highest BCUT2D eigenvalue weighted by Crippen LogP contribution is 2.18. The van der Waals surface area contributed by atoms with E-state index >= 15 is 0 Å². The second kappa shape index (κ2) is 5.37. The van der Waals surface area contributed by atoms with Crippen molar-refractivity contribution in [2.75, 3.05) is 0 Å². The molecule has 22 heavy (non-hydrogen) atoms. The third-order valence-corrected chi connectivity index (χ3v) is 3.20. The summed E-state index contributed by atoms with van der Waals surface area (Å²) in [4.78, 5) is 16.1. The Morgan fingerprint density at radius 2 is 1.91 bits per heavy atom. The molecule has 3 rings (SSSR count). The number of phenolic OH excluding ortho intramolecular Hbond substituents is 1. The minimum Gasteiger partial charge on any atom is -0.508 e. The molecule has 0 saturated carbocycles. The number of fused-ring (bicyclic) bond motifs is 1. The molecule has 0 amide bonds. The van der Waals surface area contributed by atoms with Crippen molar-refractivity contribution in [3.05, 3.63) is 69.7 Å². The quantitative estimate of drug-likeness (QED) is 0.709. The van der Waals surface area contributed by atoms with Crippen LogP contribution in [0.2, 0.25) is 0 Å². The van der Waals surface area contributed by atoms with Gasteiger partial charge in [0.25, 0.3) is 0 Å². The van der Waals surface area contributed by atoms with E-state index in [9.17, 15) is 15.0 Å². The molecule has 2 N–H and O–H groups in total. The first-order valence-corrected chi connectivity index (χ1v) is 6.64. The predicted octanol–water partition coefficient (Wildman–Crippen LogP) is 3.26. The molecular weight excluding hydrogens is 282 g/mol. The van der Waals surface area contributed by atoms with Gasteiger partial charge in [-0.25, -0.2) is 9.78 Å². The van der Waals surface area contributed by atoms with Crippen molar-refractivity contribution >= 4 is 22.9 Å². The topological polar surface area (TPSA) is 83.6 Å². The zero-order valence-corrected chi connectivity index (χ0v) is 11.8. The van der Waals surface area contributed by atoms with Gasteiger partial charge in [0.1, 0.15) is 17.0 Å². The van der Waals surface area contributed by atoms with Gasteiger partial charge in [-0.15, -0.1) is 0 Å². The molecule has 0 saturated heterocycles. The van der Waals surface area contributed by atoms with Crippen LogP contribution in [0.4, 0.5) is 0 Å². The number of aromatic nitrogens is 1. The molecule has 2 aromatic carbocycles. The van der Waals surface area contributed by atoms with Crippen LogP contribution in [0, 0.1) is 6.92 Å². The van der Waals surface area contributed by atoms with Crippen LogP contribution < -0.4 is 5.63 Å². The smallest absolute Gasteiger partial charge is 0.362 e. The molecule has 1 aromatic heterocycles. The maximum Gasteiger partial charge on any atom is 0.362 e. The zero-order valence-electron chi connectivity index (χ0n) is 11.8. The Morgan fingerprint density at radius 3 is 2.64 bits per heavy atom. The van der Waals surface area contributed by atoms with Crippen molar-refractivity contribution in [3.8, 4) is 5.75 Å². The molecule has 0 aliphatic rings. The Kier molecular flexibility index (Phi) is 3.39. The summed E-state index contributed by atoms with van der Waals surface area (Å²) < 4.78 is 5.22. The normalized spacial score (nSPS) is 11.8. The number of benzene rings is 2. The van der Waals surface area contributed by atoms with Crippen LogP contribution >= 0.6 is 0 Å². The van der Waals surface area contributed by atoms with Crippen LogP contribution in [-0.4, -0.2) is 15.2 Å². The van der Waals surface area contributed by atoms with E-state index in [1.807, 2.05) is 13.0 Å². The maximum atomic E-state index is 11.9. The molecular formula is C17H13NO4. The Hall–Kier alpha value is -3.08. The lowest BCUT2D eigenvalue weighted by molar-refractivity contribution is 0.474. The SMILES string of the molecule is Cc1ccc2nc(C=C(O)c3ccc(O)cc3)c(=O)oc2c1. The van der Waals surface area contributed by atoms with Crippen molar-refractivity contribution < 1.29 is 14.6 Å². The molecule has 0 atom stereocenters. The Morgan fingerprint density at radius 1 is 1.18 bits per heavy atom. The van der Waals surface area contributed by atoms with Gasteiger partial charge in [-0.3, -0.25) is 0 Å². The second-order valence-electron chi connectivity index (χ2n) is 4.93. The molecule has 0 unspecified atom stereocenters. The molecule has 3 aromatic rings. The highest BCUT2D eigenvalue weighted by molar-refractivity contribution is 5.78. The van der Waals surface area contributed by atoms with Crippen molar-refractivity contribution in [1.29, 1.82) is 0 Å². The summed E-state index contributed by atoms with van der Waals surface area (Å²) in [5.74, 6) is -0.0403. The van der Waals surface area contributed by atoms with Crippen LogP contribution in [0.3, 0.4) is 0 Å². The van der Waals surface area contributed by atoms with Crippen molar-refractivity contribution in [2.24, 2.45) is 0 Å². The Bertz CT molecular complexity index is 924. The van der Waals surface area contributed by atoms with Gasteiger partial charge in [-0.05, 0) is 48.9 Å². The van der Waals surface area contributed by atoms with Crippen molar-refractivity contribution in [2.45, 2.75) is 6.92 Å². The molecule has 0 aliphatic heterocycles. The van der Waals surface area contributed by atoms with Crippen LogP contribution in [-0.2, 0) is 0 Å². The summed E-state index contributed by atoms with van der Waals surface area (Å²) in [7, 11) is 0. The number of aromatic hydroxyl groups is 1. The van der Waals surface area contributed by atoms with Gasteiger partial charge in [0.2, 0.25) is 0 Å². The van der Waals surface area contributed by atoms with Crippen LogP contribution in [0.25, 0.3) is 22.9 Å². The molecule has 5 nitrogen and oxygen atoms in total. The summed E-state index contributed by atoms with van der Waals surface area (Å²) in [6.45, 7) is 1.89. The number of aliphatic hydroxyl groups is 1. The lowest BCUT2D eigenvalue weighted by Crippen LogP contribution is -2.06. The third kappa shape index (κ3) is 2.69. The van der Waals surface area contributed by atoms with Gasteiger partial charge in [0.15, 0.2) is 11.3 Å². The van der Waals surface area contributed by atoms with E-state index < -0.39 is 5.63 Å². The number of hydrogen-bond donors (Lipinski definition) is 2. The monoisotopic (exact) mass is 295 g/mol. The average molecular weight is 295 g/mol. The van der Waals surface area contributed by atoms with E-state index in [1.54, 1.807) is 12.1 Å². The lowest BCUT2D eigenvalue weighted by Gasteiger charge is -2.02. The van der Waals surface area contributed by atoms with E-state index in [1.165, 1.54) is 30.3 Å². The fraction of sp³-hybridized carbons (Fsp3) is 0.0588. The van der Waals surface area contributed by atoms with Crippen molar-refractivity contribution in [1.82, 2.24) is 4.98 Å². The molecule has 110 valence electrons. The second-order valence-corrected chi connectivity index (χ2v) is 4.93. The van der Waals surface area contributed by atoms with E-state index in [0.717, 1.165) is 5.56 Å². The summed E-state index contributed by atoms with van der Waals surface area (Å²) in [5.41, 5.74) is 1.77. The fourth-order valence-electron chi connectivity index (χ4n) is 2.06. The highest BCUT2D eigenvalue weighted by atomic mass is 16.4. The molecule has 0 fully saturated rings. The number of aryl methyl sites for hydroxylation is 1. The van der Waals surface area contributed by atoms with Gasteiger partial charge >= 0.3 is 5.63 Å². The molecule has 1 heterocycles. The summed E-state index contributed by atoms with van der Waals surface area (Å²) in [5, 5.41) is 19.3. The standard InChI is InChI=1S/C17H13NO4/c1-10-2-7-13-16(8-10)22-17(21)14(18-13)9-15(20)11-3-5-12(19)6-4-11/h2-9,19-20H,1H3. The van der Waals surface area contributed by atoms with Crippen LogP contribution in [0.5, 0.6) is 5.75 Å². The van der Waals surface area contributed by atoms with Crippen LogP contribution in [0.15, 0.2) is 51.7 Å². The average Bonchev–Trinajstić information content (AvgIpc) is 2.49. The Labute approximate surface area is 125 Å². The fourth-order valence-corrected chi connectivity index (χ4v) is 2.06. The number of phenols is 1. The Balaban J connectivity index is 2.07. The van der Waals surface area contributed by atoms with Gasteiger partial charge in [0.05, 0.1) is 0 Å². The first-order valence-electron chi connectivity index (χ1n) is 6.64. The molecule has 5 heteroatoms. The number of aliphatic hydroxyl groups excluding tert-OH is 1. The van der Waals surface area contributed by atoms with Crippen LogP contribution in [0.1, 0.15) is 16.8 Å². The first kappa shape index (κ1) is 13.9. The van der Waals surface area contributed by atoms with E-state index in [4.69, 9.17) is 4.42 Å². The van der Waals surface area contributed by atoms with Crippen molar-refractivity contribution in [3.63, 3.8) is 0 Å². The molecule has 0 spiro atoms. The zero-order chi connectivity index (χ0) is 15.7. The largest absolute Gasteiger partial charge is 0.508 e. The van der Waals surface area contributed by atoms with Gasteiger partial charge in [0, 0.05) is 11.6 Å².